The molecule has 160 valence electrons. The van der Waals surface area contributed by atoms with Crippen molar-refractivity contribution in [2.45, 2.75) is 44.8 Å². The fourth-order valence-corrected chi connectivity index (χ4v) is 4.67. The van der Waals surface area contributed by atoms with E-state index in [1.165, 1.54) is 16.7 Å². The SMILES string of the molecule is CCCCOC(=O)C1=C(N)N2C(=O)[C@@H](C)SC2=C(C(=O)OCC)[C@H]1c1ccccc1. The van der Waals surface area contributed by atoms with Crippen molar-refractivity contribution in [3.8, 4) is 0 Å². The molecule has 2 aliphatic rings. The lowest BCUT2D eigenvalue weighted by atomic mass is 9.82. The van der Waals surface area contributed by atoms with Crippen LogP contribution in [0.25, 0.3) is 0 Å². The molecule has 0 spiro atoms. The number of nitrogens with two attached hydrogens (primary N) is 1. The van der Waals surface area contributed by atoms with Crippen molar-refractivity contribution in [3.63, 3.8) is 0 Å². The lowest BCUT2D eigenvalue weighted by molar-refractivity contribution is -0.140. The van der Waals surface area contributed by atoms with Gasteiger partial charge in [-0.2, -0.15) is 0 Å². The summed E-state index contributed by atoms with van der Waals surface area (Å²) in [7, 11) is 0. The smallest absolute Gasteiger partial charge is 0.338 e. The van der Waals surface area contributed by atoms with Gasteiger partial charge in [-0.25, -0.2) is 9.59 Å². The Morgan fingerprint density at radius 3 is 2.40 bits per heavy atom. The van der Waals surface area contributed by atoms with Gasteiger partial charge in [-0.3, -0.25) is 9.69 Å². The Bertz CT molecular complexity index is 909. The first kappa shape index (κ1) is 22.0. The van der Waals surface area contributed by atoms with E-state index in [4.69, 9.17) is 15.2 Å². The third kappa shape index (κ3) is 3.96. The molecule has 0 saturated carbocycles. The van der Waals surface area contributed by atoms with E-state index in [9.17, 15) is 14.4 Å². The largest absolute Gasteiger partial charge is 0.463 e. The predicted molar refractivity (Wildman–Crippen MR) is 114 cm³/mol. The molecular weight excluding hydrogens is 404 g/mol. The van der Waals surface area contributed by atoms with Crippen LogP contribution >= 0.6 is 11.8 Å². The zero-order valence-corrected chi connectivity index (χ0v) is 18.2. The summed E-state index contributed by atoms with van der Waals surface area (Å²) in [5.41, 5.74) is 7.40. The zero-order chi connectivity index (χ0) is 21.8. The average molecular weight is 431 g/mol. The van der Waals surface area contributed by atoms with Crippen LogP contribution in [-0.4, -0.2) is 41.2 Å². The van der Waals surface area contributed by atoms with E-state index < -0.39 is 23.1 Å². The molecule has 2 aliphatic heterocycles. The number of esters is 2. The van der Waals surface area contributed by atoms with Crippen molar-refractivity contribution < 1.29 is 23.9 Å². The molecule has 1 aromatic rings. The number of hydrogen-bond donors (Lipinski definition) is 1. The van der Waals surface area contributed by atoms with Crippen LogP contribution in [0.15, 0.2) is 52.3 Å². The summed E-state index contributed by atoms with van der Waals surface area (Å²) >= 11 is 1.25. The van der Waals surface area contributed by atoms with Gasteiger partial charge in [0, 0.05) is 0 Å². The molecule has 1 fully saturated rings. The van der Waals surface area contributed by atoms with Gasteiger partial charge < -0.3 is 15.2 Å². The van der Waals surface area contributed by atoms with Crippen molar-refractivity contribution in [1.29, 1.82) is 0 Å². The van der Waals surface area contributed by atoms with E-state index in [0.717, 1.165) is 6.42 Å². The molecule has 0 aliphatic carbocycles. The predicted octanol–water partition coefficient (Wildman–Crippen LogP) is 3.04. The third-order valence-corrected chi connectivity index (χ3v) is 6.14. The third-order valence-electron chi connectivity index (χ3n) is 4.96. The maximum atomic E-state index is 13.1. The van der Waals surface area contributed by atoms with Crippen LogP contribution in [0.4, 0.5) is 0 Å². The van der Waals surface area contributed by atoms with E-state index in [-0.39, 0.29) is 36.1 Å². The van der Waals surface area contributed by atoms with Crippen LogP contribution in [0.3, 0.4) is 0 Å². The Balaban J connectivity index is 2.19. The lowest BCUT2D eigenvalue weighted by Gasteiger charge is -2.33. The monoisotopic (exact) mass is 430 g/mol. The van der Waals surface area contributed by atoms with Crippen molar-refractivity contribution in [2.75, 3.05) is 13.2 Å². The molecule has 7 nitrogen and oxygen atoms in total. The van der Waals surface area contributed by atoms with E-state index in [0.29, 0.717) is 17.0 Å². The standard InChI is InChI=1S/C22H26N2O5S/c1-4-6-12-29-21(26)16-15(14-10-8-7-9-11-14)17(22(27)28-5-2)20-24(18(16)23)19(25)13(3)30-20/h7-11,13,15H,4-6,12,23H2,1-3H3/t13-,15+/m1/s1. The highest BCUT2D eigenvalue weighted by Crippen LogP contribution is 2.49. The normalized spacial score (nSPS) is 21.0. The second-order valence-electron chi connectivity index (χ2n) is 7.01. The van der Waals surface area contributed by atoms with Gasteiger partial charge in [0.1, 0.15) is 5.82 Å². The van der Waals surface area contributed by atoms with Crippen LogP contribution in [-0.2, 0) is 23.9 Å². The van der Waals surface area contributed by atoms with Crippen molar-refractivity contribution in [2.24, 2.45) is 5.73 Å². The summed E-state index contributed by atoms with van der Waals surface area (Å²) in [4.78, 5) is 40.2. The van der Waals surface area contributed by atoms with Crippen LogP contribution in [0.1, 0.15) is 45.1 Å². The van der Waals surface area contributed by atoms with Crippen molar-refractivity contribution in [3.05, 3.63) is 57.9 Å². The van der Waals surface area contributed by atoms with Crippen LogP contribution in [0.5, 0.6) is 0 Å². The number of carbonyl (C=O) groups excluding carboxylic acids is 3. The minimum atomic E-state index is -0.781. The maximum absolute atomic E-state index is 13.1. The fraction of sp³-hybridized carbons (Fsp3) is 0.409. The van der Waals surface area contributed by atoms with Gasteiger partial charge in [-0.05, 0) is 25.8 Å². The Labute approximate surface area is 180 Å². The van der Waals surface area contributed by atoms with E-state index in [2.05, 4.69) is 0 Å². The van der Waals surface area contributed by atoms with E-state index in [1.54, 1.807) is 13.8 Å². The maximum Gasteiger partial charge on any atom is 0.338 e. The van der Waals surface area contributed by atoms with Crippen molar-refractivity contribution >= 4 is 29.6 Å². The zero-order valence-electron chi connectivity index (χ0n) is 17.3. The first-order valence-electron chi connectivity index (χ1n) is 10.1. The van der Waals surface area contributed by atoms with Gasteiger partial charge in [-0.1, -0.05) is 55.4 Å². The number of benzene rings is 1. The minimum absolute atomic E-state index is 0.00949. The summed E-state index contributed by atoms with van der Waals surface area (Å²) in [6.45, 7) is 5.84. The molecule has 3 rings (SSSR count). The highest BCUT2D eigenvalue weighted by Gasteiger charge is 2.49. The molecule has 2 N–H and O–H groups in total. The average Bonchev–Trinajstić information content (AvgIpc) is 3.03. The molecule has 2 atom stereocenters. The minimum Gasteiger partial charge on any atom is -0.463 e. The molecule has 2 heterocycles. The number of hydrogen-bond acceptors (Lipinski definition) is 7. The summed E-state index contributed by atoms with van der Waals surface area (Å²) in [6.07, 6.45) is 1.57. The topological polar surface area (TPSA) is 98.9 Å². The van der Waals surface area contributed by atoms with Gasteiger partial charge in [0.15, 0.2) is 0 Å². The molecule has 8 heteroatoms. The molecule has 0 radical (unpaired) electrons. The van der Waals surface area contributed by atoms with Crippen LogP contribution < -0.4 is 5.73 Å². The van der Waals surface area contributed by atoms with E-state index in [1.807, 2.05) is 37.3 Å². The highest BCUT2D eigenvalue weighted by atomic mass is 32.2. The van der Waals surface area contributed by atoms with E-state index >= 15 is 0 Å². The number of unbranched alkanes of at least 4 members (excludes halogenated alkanes) is 1. The van der Waals surface area contributed by atoms with Gasteiger partial charge in [-0.15, -0.1) is 0 Å². The van der Waals surface area contributed by atoms with Crippen LogP contribution in [0.2, 0.25) is 0 Å². The van der Waals surface area contributed by atoms with Gasteiger partial charge in [0.2, 0.25) is 5.91 Å². The van der Waals surface area contributed by atoms with Gasteiger partial charge >= 0.3 is 11.9 Å². The van der Waals surface area contributed by atoms with Crippen LogP contribution in [0, 0.1) is 0 Å². The Hall–Kier alpha value is -2.74. The van der Waals surface area contributed by atoms with Gasteiger partial charge in [0.25, 0.3) is 0 Å². The van der Waals surface area contributed by atoms with Crippen molar-refractivity contribution in [1.82, 2.24) is 4.90 Å². The second-order valence-corrected chi connectivity index (χ2v) is 8.33. The highest BCUT2D eigenvalue weighted by molar-refractivity contribution is 8.04. The summed E-state index contributed by atoms with van der Waals surface area (Å²) < 4.78 is 10.8. The number of ether oxygens (including phenoxy) is 2. The molecule has 0 bridgehead atoms. The number of nitrogens with zero attached hydrogens (tertiary/aromatic N) is 1. The molecule has 1 amide bonds. The summed E-state index contributed by atoms with van der Waals surface area (Å²) in [5, 5.41) is -0.0164. The fourth-order valence-electron chi connectivity index (χ4n) is 3.50. The molecule has 0 unspecified atom stereocenters. The molecular formula is C22H26N2O5S. The Morgan fingerprint density at radius 1 is 1.10 bits per heavy atom. The van der Waals surface area contributed by atoms with Gasteiger partial charge in [0.05, 0.1) is 40.6 Å². The Kier molecular flexibility index (Phi) is 6.87. The second kappa shape index (κ2) is 9.38. The number of carbonyl (C=O) groups is 3. The molecule has 30 heavy (non-hydrogen) atoms. The number of thioether (sulfide) groups is 1. The molecule has 1 saturated heterocycles. The number of amides is 1. The first-order chi connectivity index (χ1) is 14.4. The number of fused-ring (bicyclic) bond motifs is 1. The Morgan fingerprint density at radius 2 is 1.77 bits per heavy atom. The quantitative estimate of drug-likeness (QED) is 0.524. The first-order valence-corrected chi connectivity index (χ1v) is 10.9. The molecule has 0 aromatic heterocycles. The summed E-state index contributed by atoms with van der Waals surface area (Å²) in [6, 6.07) is 9.12. The number of rotatable bonds is 7. The molecule has 1 aromatic carbocycles. The lowest BCUT2D eigenvalue weighted by Crippen LogP contribution is -2.40. The summed E-state index contributed by atoms with van der Waals surface area (Å²) in [5.74, 6) is -2.26.